The summed E-state index contributed by atoms with van der Waals surface area (Å²) >= 11 is 5.91. The second-order valence-electron chi connectivity index (χ2n) is 5.33. The molecule has 2 N–H and O–H groups in total. The highest BCUT2D eigenvalue weighted by molar-refractivity contribution is 6.30. The zero-order chi connectivity index (χ0) is 19.8. The number of nitro groups is 1. The minimum absolute atomic E-state index is 0.00812. The van der Waals surface area contributed by atoms with Crippen molar-refractivity contribution in [3.63, 3.8) is 0 Å². The van der Waals surface area contributed by atoms with Crippen molar-refractivity contribution in [2.24, 2.45) is 4.99 Å². The molecule has 0 aliphatic rings. The number of alkyl halides is 2. The molecule has 27 heavy (non-hydrogen) atoms. The van der Waals surface area contributed by atoms with E-state index in [9.17, 15) is 18.9 Å². The summed E-state index contributed by atoms with van der Waals surface area (Å²) in [5.74, 6) is 0.434. The molecule has 0 heterocycles. The summed E-state index contributed by atoms with van der Waals surface area (Å²) in [5, 5.41) is 17.0. The lowest BCUT2D eigenvalue weighted by Crippen LogP contribution is -2.36. The van der Waals surface area contributed by atoms with Crippen LogP contribution in [0.5, 0.6) is 5.75 Å². The SMILES string of the molecule is CN=C(NCc1ccc([N+](=O)[O-])cc1)NCc1cc(Cl)ccc1OC(F)F. The summed E-state index contributed by atoms with van der Waals surface area (Å²) in [4.78, 5) is 14.2. The second-order valence-corrected chi connectivity index (χ2v) is 5.77. The molecule has 2 aromatic carbocycles. The third kappa shape index (κ3) is 6.37. The van der Waals surface area contributed by atoms with Crippen LogP contribution in [0, 0.1) is 10.1 Å². The number of guanidine groups is 1. The maximum atomic E-state index is 12.5. The normalized spacial score (nSPS) is 11.4. The van der Waals surface area contributed by atoms with Gasteiger partial charge in [-0.1, -0.05) is 23.7 Å². The Labute approximate surface area is 159 Å². The van der Waals surface area contributed by atoms with Gasteiger partial charge in [0, 0.05) is 42.9 Å². The van der Waals surface area contributed by atoms with E-state index in [-0.39, 0.29) is 18.0 Å². The first kappa shape index (κ1) is 20.4. The molecule has 0 saturated heterocycles. The van der Waals surface area contributed by atoms with Crippen LogP contribution in [0.3, 0.4) is 0 Å². The lowest BCUT2D eigenvalue weighted by molar-refractivity contribution is -0.384. The Morgan fingerprint density at radius 1 is 1.22 bits per heavy atom. The molecule has 0 saturated carbocycles. The van der Waals surface area contributed by atoms with E-state index >= 15 is 0 Å². The molecule has 0 aliphatic carbocycles. The van der Waals surface area contributed by atoms with Crippen LogP contribution in [-0.4, -0.2) is 24.5 Å². The number of non-ortho nitro benzene ring substituents is 1. The molecule has 0 aromatic heterocycles. The predicted octanol–water partition coefficient (Wildman–Crippen LogP) is 3.71. The highest BCUT2D eigenvalue weighted by Crippen LogP contribution is 2.24. The lowest BCUT2D eigenvalue weighted by Gasteiger charge is -2.15. The van der Waals surface area contributed by atoms with Gasteiger partial charge in [0.1, 0.15) is 5.75 Å². The summed E-state index contributed by atoms with van der Waals surface area (Å²) in [6, 6.07) is 10.4. The van der Waals surface area contributed by atoms with Gasteiger partial charge in [-0.3, -0.25) is 15.1 Å². The van der Waals surface area contributed by atoms with Gasteiger partial charge in [-0.25, -0.2) is 0 Å². The van der Waals surface area contributed by atoms with Gasteiger partial charge in [-0.2, -0.15) is 8.78 Å². The van der Waals surface area contributed by atoms with Gasteiger partial charge in [0.05, 0.1) is 4.92 Å². The number of nitrogens with zero attached hydrogens (tertiary/aromatic N) is 2. The maximum Gasteiger partial charge on any atom is 0.387 e. The predicted molar refractivity (Wildman–Crippen MR) is 98.2 cm³/mol. The molecule has 0 bridgehead atoms. The van der Waals surface area contributed by atoms with Crippen LogP contribution in [0.2, 0.25) is 5.02 Å². The Balaban J connectivity index is 1.96. The third-order valence-corrected chi connectivity index (χ3v) is 3.75. The van der Waals surface area contributed by atoms with Gasteiger partial charge < -0.3 is 15.4 Å². The number of nitro benzene ring substituents is 1. The quantitative estimate of drug-likeness (QED) is 0.321. The van der Waals surface area contributed by atoms with Crippen LogP contribution in [0.4, 0.5) is 14.5 Å². The molecule has 2 rings (SSSR count). The average molecular weight is 399 g/mol. The van der Waals surface area contributed by atoms with Gasteiger partial charge >= 0.3 is 6.61 Å². The number of ether oxygens (including phenoxy) is 1. The van der Waals surface area contributed by atoms with Crippen LogP contribution in [0.15, 0.2) is 47.5 Å². The lowest BCUT2D eigenvalue weighted by atomic mass is 10.2. The Hall–Kier alpha value is -2.94. The van der Waals surface area contributed by atoms with Gasteiger partial charge in [-0.05, 0) is 23.8 Å². The molecule has 0 spiro atoms. The van der Waals surface area contributed by atoms with E-state index in [1.165, 1.54) is 30.3 Å². The minimum Gasteiger partial charge on any atom is -0.434 e. The first-order valence-electron chi connectivity index (χ1n) is 7.80. The zero-order valence-corrected chi connectivity index (χ0v) is 15.0. The Kier molecular flexibility index (Phi) is 7.30. The van der Waals surface area contributed by atoms with Crippen molar-refractivity contribution in [1.82, 2.24) is 10.6 Å². The van der Waals surface area contributed by atoms with Crippen LogP contribution in [-0.2, 0) is 13.1 Å². The first-order valence-corrected chi connectivity index (χ1v) is 8.18. The van der Waals surface area contributed by atoms with Gasteiger partial charge in [0.15, 0.2) is 5.96 Å². The van der Waals surface area contributed by atoms with Crippen molar-refractivity contribution in [3.05, 3.63) is 68.7 Å². The van der Waals surface area contributed by atoms with Crippen molar-refractivity contribution >= 4 is 23.2 Å². The largest absolute Gasteiger partial charge is 0.434 e. The van der Waals surface area contributed by atoms with Crippen LogP contribution < -0.4 is 15.4 Å². The topological polar surface area (TPSA) is 88.8 Å². The van der Waals surface area contributed by atoms with Crippen molar-refractivity contribution in [3.8, 4) is 5.75 Å². The molecule has 0 radical (unpaired) electrons. The number of benzene rings is 2. The number of rotatable bonds is 7. The molecule has 0 atom stereocenters. The van der Waals surface area contributed by atoms with E-state index in [0.717, 1.165) is 5.56 Å². The van der Waals surface area contributed by atoms with Crippen LogP contribution >= 0.6 is 11.6 Å². The van der Waals surface area contributed by atoms with Gasteiger partial charge in [0.25, 0.3) is 5.69 Å². The van der Waals surface area contributed by atoms with E-state index in [0.29, 0.717) is 23.1 Å². The molecule has 0 aliphatic heterocycles. The molecule has 0 unspecified atom stereocenters. The monoisotopic (exact) mass is 398 g/mol. The Bertz CT molecular complexity index is 816. The van der Waals surface area contributed by atoms with Crippen molar-refractivity contribution in [2.75, 3.05) is 7.05 Å². The minimum atomic E-state index is -2.94. The van der Waals surface area contributed by atoms with E-state index < -0.39 is 11.5 Å². The Morgan fingerprint density at radius 3 is 2.48 bits per heavy atom. The molecule has 0 amide bonds. The standard InChI is InChI=1S/C17H17ClF2N4O3/c1-21-17(22-9-11-2-5-14(6-3-11)24(25)26)23-10-12-8-13(18)4-7-15(12)27-16(19)20/h2-8,16H,9-10H2,1H3,(H2,21,22,23). The Morgan fingerprint density at radius 2 is 1.89 bits per heavy atom. The fourth-order valence-electron chi connectivity index (χ4n) is 2.22. The molecule has 10 heteroatoms. The smallest absolute Gasteiger partial charge is 0.387 e. The highest BCUT2D eigenvalue weighted by atomic mass is 35.5. The fraction of sp³-hybridized carbons (Fsp3) is 0.235. The summed E-state index contributed by atoms with van der Waals surface area (Å²) in [5.41, 5.74) is 1.27. The number of nitrogens with one attached hydrogen (secondary N) is 2. The molecular weight excluding hydrogens is 382 g/mol. The van der Waals surface area contributed by atoms with E-state index in [4.69, 9.17) is 11.6 Å². The molecule has 144 valence electrons. The number of halogens is 3. The van der Waals surface area contributed by atoms with Gasteiger partial charge in [0.2, 0.25) is 0 Å². The summed E-state index contributed by atoms with van der Waals surface area (Å²) in [7, 11) is 1.56. The third-order valence-electron chi connectivity index (χ3n) is 3.52. The second kappa shape index (κ2) is 9.67. The van der Waals surface area contributed by atoms with Gasteiger partial charge in [-0.15, -0.1) is 0 Å². The van der Waals surface area contributed by atoms with E-state index in [2.05, 4.69) is 20.4 Å². The average Bonchev–Trinajstić information content (AvgIpc) is 2.64. The van der Waals surface area contributed by atoms with Crippen LogP contribution in [0.1, 0.15) is 11.1 Å². The molecular formula is C17H17ClF2N4O3. The van der Waals surface area contributed by atoms with Crippen molar-refractivity contribution < 1.29 is 18.4 Å². The number of hydrogen-bond donors (Lipinski definition) is 2. The van der Waals surface area contributed by atoms with Crippen LogP contribution in [0.25, 0.3) is 0 Å². The molecule has 2 aromatic rings. The molecule has 7 nitrogen and oxygen atoms in total. The number of aliphatic imine (C=N–C) groups is 1. The fourth-order valence-corrected chi connectivity index (χ4v) is 2.41. The van der Waals surface area contributed by atoms with Crippen molar-refractivity contribution in [1.29, 1.82) is 0 Å². The highest BCUT2D eigenvalue weighted by Gasteiger charge is 2.11. The van der Waals surface area contributed by atoms with Crippen molar-refractivity contribution in [2.45, 2.75) is 19.7 Å². The molecule has 0 fully saturated rings. The summed E-state index contributed by atoms with van der Waals surface area (Å²) < 4.78 is 29.5. The number of hydrogen-bond acceptors (Lipinski definition) is 4. The van der Waals surface area contributed by atoms with E-state index in [1.54, 1.807) is 19.2 Å². The zero-order valence-electron chi connectivity index (χ0n) is 14.3. The first-order chi connectivity index (χ1) is 12.9. The maximum absolute atomic E-state index is 12.5. The summed E-state index contributed by atoms with van der Waals surface area (Å²) in [6.07, 6.45) is 0. The summed E-state index contributed by atoms with van der Waals surface area (Å²) in [6.45, 7) is -2.42. The van der Waals surface area contributed by atoms with E-state index in [1.807, 2.05) is 0 Å².